The molecule has 0 aromatic carbocycles. The fourth-order valence-electron chi connectivity index (χ4n) is 1.79. The minimum absolute atomic E-state index is 0.709. The lowest BCUT2D eigenvalue weighted by molar-refractivity contribution is 0.291. The van der Waals surface area contributed by atoms with E-state index < -0.39 is 0 Å². The first-order valence-electron chi connectivity index (χ1n) is 5.52. The van der Waals surface area contributed by atoms with E-state index in [1.807, 2.05) is 6.20 Å². The maximum absolute atomic E-state index is 5.63. The van der Waals surface area contributed by atoms with Crippen LogP contribution in [0.1, 0.15) is 37.3 Å². The van der Waals surface area contributed by atoms with Crippen molar-refractivity contribution in [1.29, 1.82) is 0 Å². The minimum Gasteiger partial charge on any atom is -0.446 e. The van der Waals surface area contributed by atoms with Crippen LogP contribution in [0.25, 0.3) is 0 Å². The van der Waals surface area contributed by atoms with E-state index in [2.05, 4.69) is 4.98 Å². The van der Waals surface area contributed by atoms with Crippen molar-refractivity contribution in [3.05, 3.63) is 17.8 Å². The van der Waals surface area contributed by atoms with E-state index >= 15 is 0 Å². The summed E-state index contributed by atoms with van der Waals surface area (Å²) in [5.74, 6) is 2.76. The first kappa shape index (κ1) is 9.71. The molecular weight excluding hydrogens is 176 g/mol. The number of oxazole rings is 1. The SMILES string of the molecule is NCCCc1ncc(CC2CCC2)o1. The van der Waals surface area contributed by atoms with Crippen LogP contribution in [0.2, 0.25) is 0 Å². The fourth-order valence-corrected chi connectivity index (χ4v) is 1.79. The molecule has 0 saturated heterocycles. The summed E-state index contributed by atoms with van der Waals surface area (Å²) in [4.78, 5) is 4.24. The summed E-state index contributed by atoms with van der Waals surface area (Å²) in [6.45, 7) is 0.709. The average molecular weight is 194 g/mol. The first-order chi connectivity index (χ1) is 6.88. The molecule has 0 bridgehead atoms. The van der Waals surface area contributed by atoms with Crippen molar-refractivity contribution in [1.82, 2.24) is 4.98 Å². The molecule has 0 atom stereocenters. The summed E-state index contributed by atoms with van der Waals surface area (Å²) in [6, 6.07) is 0. The van der Waals surface area contributed by atoms with Gasteiger partial charge in [-0.2, -0.15) is 0 Å². The van der Waals surface area contributed by atoms with Crippen molar-refractivity contribution >= 4 is 0 Å². The van der Waals surface area contributed by atoms with Gasteiger partial charge in [-0.05, 0) is 18.9 Å². The maximum atomic E-state index is 5.63. The average Bonchev–Trinajstić information content (AvgIpc) is 2.56. The lowest BCUT2D eigenvalue weighted by Crippen LogP contribution is -2.13. The fraction of sp³-hybridized carbons (Fsp3) is 0.727. The van der Waals surface area contributed by atoms with E-state index in [1.165, 1.54) is 19.3 Å². The molecular formula is C11H18N2O. The van der Waals surface area contributed by atoms with Gasteiger partial charge in [-0.15, -0.1) is 0 Å². The Labute approximate surface area is 84.7 Å². The topological polar surface area (TPSA) is 52.0 Å². The molecule has 0 unspecified atom stereocenters. The molecule has 0 aliphatic heterocycles. The van der Waals surface area contributed by atoms with Gasteiger partial charge in [0.25, 0.3) is 0 Å². The van der Waals surface area contributed by atoms with Crippen molar-refractivity contribution < 1.29 is 4.42 Å². The van der Waals surface area contributed by atoms with E-state index in [0.717, 1.165) is 36.8 Å². The van der Waals surface area contributed by atoms with Crippen molar-refractivity contribution in [3.8, 4) is 0 Å². The van der Waals surface area contributed by atoms with Gasteiger partial charge < -0.3 is 10.2 Å². The predicted octanol–water partition coefficient (Wildman–Crippen LogP) is 1.91. The summed E-state index contributed by atoms with van der Waals surface area (Å²) in [5, 5.41) is 0. The first-order valence-corrected chi connectivity index (χ1v) is 5.52. The Bertz CT molecular complexity index is 279. The summed E-state index contributed by atoms with van der Waals surface area (Å²) < 4.78 is 5.63. The van der Waals surface area contributed by atoms with E-state index in [4.69, 9.17) is 10.2 Å². The molecule has 0 amide bonds. The van der Waals surface area contributed by atoms with E-state index in [-0.39, 0.29) is 0 Å². The maximum Gasteiger partial charge on any atom is 0.194 e. The van der Waals surface area contributed by atoms with Gasteiger partial charge in [0, 0.05) is 12.8 Å². The van der Waals surface area contributed by atoms with E-state index in [1.54, 1.807) is 0 Å². The Kier molecular flexibility index (Phi) is 3.19. The molecule has 0 radical (unpaired) electrons. The van der Waals surface area contributed by atoms with Gasteiger partial charge in [0.1, 0.15) is 5.76 Å². The third kappa shape index (κ3) is 2.35. The lowest BCUT2D eigenvalue weighted by atomic mass is 9.82. The standard InChI is InChI=1S/C11H18N2O/c12-6-2-5-11-13-8-10(14-11)7-9-3-1-4-9/h8-9H,1-7,12H2. The van der Waals surface area contributed by atoms with Crippen molar-refractivity contribution in [2.24, 2.45) is 11.7 Å². The van der Waals surface area contributed by atoms with Crippen molar-refractivity contribution in [3.63, 3.8) is 0 Å². The largest absolute Gasteiger partial charge is 0.446 e. The Morgan fingerprint density at radius 2 is 2.36 bits per heavy atom. The summed E-state index contributed by atoms with van der Waals surface area (Å²) >= 11 is 0. The zero-order valence-electron chi connectivity index (χ0n) is 8.54. The number of nitrogens with two attached hydrogens (primary N) is 1. The number of hydrogen-bond donors (Lipinski definition) is 1. The molecule has 0 spiro atoms. The predicted molar refractivity (Wildman–Crippen MR) is 54.9 cm³/mol. The normalized spacial score (nSPS) is 16.9. The molecule has 1 heterocycles. The van der Waals surface area contributed by atoms with Crippen molar-refractivity contribution in [2.45, 2.75) is 38.5 Å². The molecule has 2 rings (SSSR count). The van der Waals surface area contributed by atoms with Crippen LogP contribution >= 0.6 is 0 Å². The molecule has 3 heteroatoms. The van der Waals surface area contributed by atoms with Gasteiger partial charge in [-0.25, -0.2) is 4.98 Å². The molecule has 14 heavy (non-hydrogen) atoms. The number of aromatic nitrogens is 1. The van der Waals surface area contributed by atoms with Gasteiger partial charge in [-0.1, -0.05) is 19.3 Å². The second-order valence-corrected chi connectivity index (χ2v) is 4.11. The van der Waals surface area contributed by atoms with Crippen LogP contribution in [-0.4, -0.2) is 11.5 Å². The van der Waals surface area contributed by atoms with Crippen LogP contribution < -0.4 is 5.73 Å². The quantitative estimate of drug-likeness (QED) is 0.779. The molecule has 1 aromatic heterocycles. The Morgan fingerprint density at radius 3 is 3.00 bits per heavy atom. The van der Waals surface area contributed by atoms with Crippen LogP contribution in [0.5, 0.6) is 0 Å². The third-order valence-electron chi connectivity index (χ3n) is 2.91. The van der Waals surface area contributed by atoms with Crippen LogP contribution in [-0.2, 0) is 12.8 Å². The Balaban J connectivity index is 1.82. The highest BCUT2D eigenvalue weighted by Gasteiger charge is 2.19. The Morgan fingerprint density at radius 1 is 1.50 bits per heavy atom. The van der Waals surface area contributed by atoms with Gasteiger partial charge in [-0.3, -0.25) is 0 Å². The zero-order chi connectivity index (χ0) is 9.80. The smallest absolute Gasteiger partial charge is 0.194 e. The van der Waals surface area contributed by atoms with Crippen molar-refractivity contribution in [2.75, 3.05) is 6.54 Å². The molecule has 1 aliphatic carbocycles. The molecule has 1 aliphatic rings. The monoisotopic (exact) mass is 194 g/mol. The minimum atomic E-state index is 0.709. The van der Waals surface area contributed by atoms with E-state index in [9.17, 15) is 0 Å². The van der Waals surface area contributed by atoms with Crippen LogP contribution in [0.4, 0.5) is 0 Å². The van der Waals surface area contributed by atoms with Crippen LogP contribution in [0.3, 0.4) is 0 Å². The summed E-state index contributed by atoms with van der Waals surface area (Å²) in [6.07, 6.45) is 8.90. The Hall–Kier alpha value is -0.830. The highest BCUT2D eigenvalue weighted by Crippen LogP contribution is 2.29. The van der Waals surface area contributed by atoms with Crippen LogP contribution in [0.15, 0.2) is 10.6 Å². The molecule has 78 valence electrons. The van der Waals surface area contributed by atoms with Gasteiger partial charge in [0.05, 0.1) is 6.20 Å². The summed E-state index contributed by atoms with van der Waals surface area (Å²) in [7, 11) is 0. The molecule has 1 fully saturated rings. The number of rotatable bonds is 5. The highest BCUT2D eigenvalue weighted by molar-refractivity contribution is 4.97. The van der Waals surface area contributed by atoms with E-state index in [0.29, 0.717) is 6.54 Å². The zero-order valence-corrected chi connectivity index (χ0v) is 8.54. The third-order valence-corrected chi connectivity index (χ3v) is 2.91. The van der Waals surface area contributed by atoms with Gasteiger partial charge in [0.15, 0.2) is 5.89 Å². The molecule has 2 N–H and O–H groups in total. The molecule has 1 aromatic rings. The second-order valence-electron chi connectivity index (χ2n) is 4.11. The summed E-state index contributed by atoms with van der Waals surface area (Å²) in [5.41, 5.74) is 5.43. The number of hydrogen-bond acceptors (Lipinski definition) is 3. The molecule has 1 saturated carbocycles. The number of aryl methyl sites for hydroxylation is 1. The van der Waals surface area contributed by atoms with Crippen LogP contribution in [0, 0.1) is 5.92 Å². The number of nitrogens with zero attached hydrogens (tertiary/aromatic N) is 1. The highest BCUT2D eigenvalue weighted by atomic mass is 16.4. The second kappa shape index (κ2) is 4.60. The lowest BCUT2D eigenvalue weighted by Gasteiger charge is -2.23. The molecule has 3 nitrogen and oxygen atoms in total. The van der Waals surface area contributed by atoms with Gasteiger partial charge in [0.2, 0.25) is 0 Å². The van der Waals surface area contributed by atoms with Gasteiger partial charge >= 0.3 is 0 Å².